The van der Waals surface area contributed by atoms with Crippen LogP contribution < -0.4 is 9.64 Å². The first-order valence-electron chi connectivity index (χ1n) is 9.16. The first-order valence-corrected chi connectivity index (χ1v) is 9.16. The molecular formula is C19H20F3N3O3. The Morgan fingerprint density at radius 1 is 1.32 bits per heavy atom. The zero-order chi connectivity index (χ0) is 20.1. The van der Waals surface area contributed by atoms with Crippen molar-refractivity contribution >= 4 is 11.8 Å². The van der Waals surface area contributed by atoms with Crippen molar-refractivity contribution < 1.29 is 27.8 Å². The number of ether oxygens (including phenoxy) is 1. The second-order valence-electron chi connectivity index (χ2n) is 7.32. The van der Waals surface area contributed by atoms with Gasteiger partial charge in [0.05, 0.1) is 17.9 Å². The van der Waals surface area contributed by atoms with E-state index in [2.05, 4.69) is 5.10 Å². The number of aromatic nitrogens is 2. The molecule has 28 heavy (non-hydrogen) atoms. The monoisotopic (exact) mass is 395 g/mol. The van der Waals surface area contributed by atoms with Gasteiger partial charge in [0.25, 0.3) is 0 Å². The van der Waals surface area contributed by atoms with Crippen molar-refractivity contribution in [2.75, 3.05) is 11.5 Å². The lowest BCUT2D eigenvalue weighted by Crippen LogP contribution is -2.41. The number of fused-ring (bicyclic) bond motifs is 1. The van der Waals surface area contributed by atoms with Gasteiger partial charge in [-0.05, 0) is 44.7 Å². The smallest absolute Gasteiger partial charge is 0.422 e. The summed E-state index contributed by atoms with van der Waals surface area (Å²) < 4.78 is 45.6. The topological polar surface area (TPSA) is 67.6 Å². The number of halogens is 3. The number of alkyl halides is 3. The van der Waals surface area contributed by atoms with Crippen molar-refractivity contribution in [2.45, 2.75) is 50.9 Å². The molecule has 1 saturated carbocycles. The van der Waals surface area contributed by atoms with Crippen molar-refractivity contribution in [3.63, 3.8) is 0 Å². The highest BCUT2D eigenvalue weighted by atomic mass is 19.4. The van der Waals surface area contributed by atoms with Gasteiger partial charge in [-0.25, -0.2) is 4.79 Å². The number of nitrogens with zero attached hydrogens (tertiary/aromatic N) is 3. The van der Waals surface area contributed by atoms with E-state index < -0.39 is 18.9 Å². The molecule has 0 unspecified atom stereocenters. The molecule has 1 amide bonds. The summed E-state index contributed by atoms with van der Waals surface area (Å²) >= 11 is 0. The maximum atomic E-state index is 12.8. The van der Waals surface area contributed by atoms with E-state index in [-0.39, 0.29) is 11.8 Å². The van der Waals surface area contributed by atoms with Crippen molar-refractivity contribution in [1.82, 2.24) is 9.78 Å². The summed E-state index contributed by atoms with van der Waals surface area (Å²) in [5.41, 5.74) is 2.02. The minimum Gasteiger partial charge on any atom is -0.483 e. The second-order valence-corrected chi connectivity index (χ2v) is 7.32. The molecule has 1 atom stereocenters. The lowest BCUT2D eigenvalue weighted by atomic mass is 9.92. The van der Waals surface area contributed by atoms with Gasteiger partial charge in [0, 0.05) is 28.9 Å². The molecule has 9 heteroatoms. The fourth-order valence-corrected chi connectivity index (χ4v) is 3.66. The van der Waals surface area contributed by atoms with Crippen LogP contribution in [0.25, 0.3) is 11.1 Å². The lowest BCUT2D eigenvalue weighted by molar-refractivity contribution is -0.153. The van der Waals surface area contributed by atoms with E-state index in [4.69, 9.17) is 4.74 Å². The normalized spacial score (nSPS) is 19.4. The Bertz CT molecular complexity index is 906. The largest absolute Gasteiger partial charge is 0.483 e. The van der Waals surface area contributed by atoms with Gasteiger partial charge in [-0.2, -0.15) is 18.3 Å². The van der Waals surface area contributed by atoms with Gasteiger partial charge in [-0.3, -0.25) is 9.58 Å². The molecule has 1 aromatic carbocycles. The van der Waals surface area contributed by atoms with Crippen LogP contribution in [-0.4, -0.2) is 39.8 Å². The Balaban J connectivity index is 1.80. The Morgan fingerprint density at radius 2 is 2.07 bits per heavy atom. The number of hydrogen-bond acceptors (Lipinski definition) is 3. The third-order valence-electron chi connectivity index (χ3n) is 5.17. The highest BCUT2D eigenvalue weighted by molar-refractivity contribution is 5.91. The Kier molecular flexibility index (Phi) is 4.47. The molecule has 1 aliphatic carbocycles. The zero-order valence-corrected chi connectivity index (χ0v) is 15.2. The molecule has 1 N–H and O–H groups in total. The number of carbonyl (C=O) groups is 1. The van der Waals surface area contributed by atoms with Gasteiger partial charge in [-0.15, -0.1) is 0 Å². The predicted octanol–water partition coefficient (Wildman–Crippen LogP) is 4.65. The first kappa shape index (κ1) is 18.6. The van der Waals surface area contributed by atoms with Crippen LogP contribution >= 0.6 is 0 Å². The van der Waals surface area contributed by atoms with Crippen LogP contribution in [0.4, 0.5) is 23.7 Å². The molecule has 0 spiro atoms. The summed E-state index contributed by atoms with van der Waals surface area (Å²) in [5, 5.41) is 13.9. The average molecular weight is 395 g/mol. The first-order chi connectivity index (χ1) is 13.2. The lowest BCUT2D eigenvalue weighted by Gasteiger charge is -2.34. The molecule has 0 bridgehead atoms. The van der Waals surface area contributed by atoms with Crippen LogP contribution in [0, 0.1) is 0 Å². The van der Waals surface area contributed by atoms with E-state index in [1.54, 1.807) is 31.5 Å². The van der Waals surface area contributed by atoms with E-state index in [1.807, 2.05) is 4.68 Å². The van der Waals surface area contributed by atoms with Gasteiger partial charge in [0.1, 0.15) is 5.75 Å². The quantitative estimate of drug-likeness (QED) is 0.819. The molecule has 6 nitrogen and oxygen atoms in total. The van der Waals surface area contributed by atoms with E-state index in [9.17, 15) is 23.1 Å². The summed E-state index contributed by atoms with van der Waals surface area (Å²) in [6.07, 6.45) is 0.810. The molecule has 0 radical (unpaired) electrons. The summed E-state index contributed by atoms with van der Waals surface area (Å²) in [4.78, 5) is 12.9. The molecule has 0 saturated heterocycles. The Morgan fingerprint density at radius 3 is 2.71 bits per heavy atom. The van der Waals surface area contributed by atoms with Gasteiger partial charge in [0.15, 0.2) is 6.61 Å². The molecule has 150 valence electrons. The highest BCUT2D eigenvalue weighted by Gasteiger charge is 2.34. The standard InChI is InChI=1S/C19H20F3N3O3/c1-11-2-5-15-16(25(11)18(26)27)7-6-14(17(15)28-10-19(20,21)22)12-8-23-24(9-12)13-3-4-13/h6-9,11,13H,2-5,10H2,1H3,(H,26,27)/t11-/m0/s1. The fraction of sp³-hybridized carbons (Fsp3) is 0.474. The summed E-state index contributed by atoms with van der Waals surface area (Å²) in [5.74, 6) is 0.0864. The summed E-state index contributed by atoms with van der Waals surface area (Å²) in [6, 6.07) is 3.34. The number of carboxylic acid groups (broad SMARTS) is 1. The van der Waals surface area contributed by atoms with E-state index >= 15 is 0 Å². The summed E-state index contributed by atoms with van der Waals surface area (Å²) in [7, 11) is 0. The van der Waals surface area contributed by atoms with Crippen molar-refractivity contribution in [2.24, 2.45) is 0 Å². The van der Waals surface area contributed by atoms with Crippen LogP contribution in [0.2, 0.25) is 0 Å². The van der Waals surface area contributed by atoms with Crippen molar-refractivity contribution in [3.05, 3.63) is 30.1 Å². The number of hydrogen-bond donors (Lipinski definition) is 1. The number of anilines is 1. The fourth-order valence-electron chi connectivity index (χ4n) is 3.66. The predicted molar refractivity (Wildman–Crippen MR) is 95.8 cm³/mol. The number of benzene rings is 1. The molecular weight excluding hydrogens is 375 g/mol. The molecule has 4 rings (SSSR count). The molecule has 2 aromatic rings. The van der Waals surface area contributed by atoms with Crippen LogP contribution in [0.15, 0.2) is 24.5 Å². The van der Waals surface area contributed by atoms with E-state index in [0.717, 1.165) is 12.8 Å². The van der Waals surface area contributed by atoms with Crippen LogP contribution in [-0.2, 0) is 6.42 Å². The third-order valence-corrected chi connectivity index (χ3v) is 5.17. The average Bonchev–Trinajstić information content (AvgIpc) is 3.35. The SMILES string of the molecule is C[C@H]1CCc2c(ccc(-c3cnn(C4CC4)c3)c2OCC(F)(F)F)N1C(=O)O. The van der Waals surface area contributed by atoms with Gasteiger partial charge in [0.2, 0.25) is 0 Å². The van der Waals surface area contributed by atoms with E-state index in [0.29, 0.717) is 41.3 Å². The highest BCUT2D eigenvalue weighted by Crippen LogP contribution is 2.44. The second kappa shape index (κ2) is 6.72. The molecule has 2 aliphatic rings. The maximum absolute atomic E-state index is 12.8. The van der Waals surface area contributed by atoms with Crippen LogP contribution in [0.3, 0.4) is 0 Å². The van der Waals surface area contributed by atoms with Crippen LogP contribution in [0.5, 0.6) is 5.75 Å². The van der Waals surface area contributed by atoms with Gasteiger partial charge < -0.3 is 9.84 Å². The summed E-state index contributed by atoms with van der Waals surface area (Å²) in [6.45, 7) is 0.344. The molecule has 1 fully saturated rings. The Labute approximate surface area is 159 Å². The van der Waals surface area contributed by atoms with Gasteiger partial charge in [-0.1, -0.05) is 0 Å². The molecule has 1 aromatic heterocycles. The van der Waals surface area contributed by atoms with Crippen molar-refractivity contribution in [3.8, 4) is 16.9 Å². The minimum atomic E-state index is -4.49. The van der Waals surface area contributed by atoms with Gasteiger partial charge >= 0.3 is 12.3 Å². The molecule has 1 aliphatic heterocycles. The maximum Gasteiger partial charge on any atom is 0.422 e. The minimum absolute atomic E-state index is 0.0864. The molecule has 2 heterocycles. The Hall–Kier alpha value is -2.71. The number of amides is 1. The number of rotatable bonds is 4. The zero-order valence-electron chi connectivity index (χ0n) is 15.2. The third kappa shape index (κ3) is 3.53. The van der Waals surface area contributed by atoms with Crippen LogP contribution in [0.1, 0.15) is 37.8 Å². The van der Waals surface area contributed by atoms with Crippen molar-refractivity contribution in [1.29, 1.82) is 0 Å². The van der Waals surface area contributed by atoms with E-state index in [1.165, 1.54) is 4.90 Å².